The van der Waals surface area contributed by atoms with Gasteiger partial charge in [0.15, 0.2) is 0 Å². The zero-order valence-electron chi connectivity index (χ0n) is 24.9. The quantitative estimate of drug-likeness (QED) is 0.313. The molecule has 0 fully saturated rings. The second-order valence-electron chi connectivity index (χ2n) is 11.2. The fourth-order valence-corrected chi connectivity index (χ4v) is 5.10. The Balaban J connectivity index is 1.56. The number of hydrogen-bond acceptors (Lipinski definition) is 5. The minimum Gasteiger partial charge on any atom is -0.488 e. The Bertz CT molecular complexity index is 1490. The van der Waals surface area contributed by atoms with Gasteiger partial charge in [0, 0.05) is 42.6 Å². The van der Waals surface area contributed by atoms with Gasteiger partial charge in [-0.1, -0.05) is 43.3 Å². The SMILES string of the molecule is C[C@@H]1CN([C@H](C)CO)C(=O)Cc2cc(NC(=O)CCC(F)(F)F)ccc2O[C@@H]1CN(C)C(=O)Nc1cccc2ccccc12. The molecule has 3 aromatic rings. The first-order chi connectivity index (χ1) is 20.8. The molecule has 0 spiro atoms. The average Bonchev–Trinajstić information content (AvgIpc) is 3.02. The smallest absolute Gasteiger partial charge is 0.389 e. The van der Waals surface area contributed by atoms with E-state index < -0.39 is 37.1 Å². The van der Waals surface area contributed by atoms with E-state index in [4.69, 9.17) is 4.74 Å². The summed E-state index contributed by atoms with van der Waals surface area (Å²) in [6.45, 7) is 3.76. The number of carbonyl (C=O) groups excluding carboxylic acids is 3. The first-order valence-corrected chi connectivity index (χ1v) is 14.4. The molecular weight excluding hydrogens is 577 g/mol. The molecule has 1 aliphatic rings. The predicted octanol–water partition coefficient (Wildman–Crippen LogP) is 5.43. The van der Waals surface area contributed by atoms with Gasteiger partial charge in [-0.25, -0.2) is 4.79 Å². The summed E-state index contributed by atoms with van der Waals surface area (Å²) < 4.78 is 44.1. The van der Waals surface area contributed by atoms with Gasteiger partial charge in [0.05, 0.1) is 37.7 Å². The molecule has 0 unspecified atom stereocenters. The molecule has 0 saturated heterocycles. The van der Waals surface area contributed by atoms with E-state index in [1.54, 1.807) is 24.9 Å². The minimum atomic E-state index is -4.46. The Labute approximate surface area is 254 Å². The van der Waals surface area contributed by atoms with Crippen LogP contribution in [0.3, 0.4) is 0 Å². The van der Waals surface area contributed by atoms with E-state index in [2.05, 4.69) is 10.6 Å². The molecule has 1 heterocycles. The van der Waals surface area contributed by atoms with Crippen molar-refractivity contribution in [2.24, 2.45) is 5.92 Å². The van der Waals surface area contributed by atoms with Crippen LogP contribution >= 0.6 is 0 Å². The number of rotatable bonds is 8. The molecule has 4 amide bonds. The lowest BCUT2D eigenvalue weighted by atomic mass is 10.0. The summed E-state index contributed by atoms with van der Waals surface area (Å²) in [7, 11) is 1.64. The van der Waals surface area contributed by atoms with Crippen molar-refractivity contribution in [2.45, 2.75) is 51.4 Å². The number of nitrogens with zero attached hydrogens (tertiary/aromatic N) is 2. The number of fused-ring (bicyclic) bond motifs is 2. The van der Waals surface area contributed by atoms with Gasteiger partial charge in [0.25, 0.3) is 0 Å². The normalized spacial score (nSPS) is 17.9. The highest BCUT2D eigenvalue weighted by Gasteiger charge is 2.32. The maximum Gasteiger partial charge on any atom is 0.389 e. The largest absolute Gasteiger partial charge is 0.488 e. The molecule has 12 heteroatoms. The van der Waals surface area contributed by atoms with Crippen LogP contribution in [0.25, 0.3) is 10.8 Å². The standard InChI is InChI=1S/C32H37F3N4O5/c1-20-17-39(21(2)19-40)30(42)16-23-15-24(36-29(41)13-14-32(33,34)35)11-12-27(23)44-28(20)18-38(3)31(43)37-26-10-6-8-22-7-4-5-9-25(22)26/h4-12,15,20-21,28,40H,13-14,16-19H2,1-3H3,(H,36,41)(H,37,43)/t20-,21-,28-/m1/s1. The van der Waals surface area contributed by atoms with Crippen LogP contribution in [0.15, 0.2) is 60.7 Å². The van der Waals surface area contributed by atoms with Crippen LogP contribution < -0.4 is 15.4 Å². The number of halogens is 3. The lowest BCUT2D eigenvalue weighted by molar-refractivity contribution is -0.142. The third kappa shape index (κ3) is 8.40. The molecule has 0 saturated carbocycles. The van der Waals surface area contributed by atoms with Crippen molar-refractivity contribution in [2.75, 3.05) is 37.4 Å². The number of anilines is 2. The molecule has 0 aromatic heterocycles. The Morgan fingerprint density at radius 3 is 2.57 bits per heavy atom. The molecule has 4 rings (SSSR count). The highest BCUT2D eigenvalue weighted by atomic mass is 19.4. The van der Waals surface area contributed by atoms with Crippen LogP contribution in [0.2, 0.25) is 0 Å². The van der Waals surface area contributed by atoms with Gasteiger partial charge in [-0.3, -0.25) is 9.59 Å². The molecule has 1 aliphatic heterocycles. The Morgan fingerprint density at radius 2 is 1.84 bits per heavy atom. The van der Waals surface area contributed by atoms with E-state index in [-0.39, 0.29) is 49.7 Å². The topological polar surface area (TPSA) is 111 Å². The summed E-state index contributed by atoms with van der Waals surface area (Å²) in [5.41, 5.74) is 1.30. The van der Waals surface area contributed by atoms with E-state index in [1.807, 2.05) is 49.4 Å². The van der Waals surface area contributed by atoms with Gasteiger partial charge in [0.1, 0.15) is 11.9 Å². The van der Waals surface area contributed by atoms with Crippen LogP contribution in [0.5, 0.6) is 5.75 Å². The number of hydrogen-bond donors (Lipinski definition) is 3. The van der Waals surface area contributed by atoms with Crippen molar-refractivity contribution in [1.82, 2.24) is 9.80 Å². The second-order valence-corrected chi connectivity index (χ2v) is 11.2. The molecule has 0 aliphatic carbocycles. The van der Waals surface area contributed by atoms with Gasteiger partial charge >= 0.3 is 12.2 Å². The fraction of sp³-hybridized carbons (Fsp3) is 0.406. The maximum atomic E-state index is 13.4. The van der Waals surface area contributed by atoms with E-state index >= 15 is 0 Å². The first-order valence-electron chi connectivity index (χ1n) is 14.4. The zero-order chi connectivity index (χ0) is 32.0. The summed E-state index contributed by atoms with van der Waals surface area (Å²) in [5, 5.41) is 17.2. The monoisotopic (exact) mass is 614 g/mol. The van der Waals surface area contributed by atoms with Crippen molar-refractivity contribution >= 4 is 40.0 Å². The van der Waals surface area contributed by atoms with E-state index in [0.29, 0.717) is 17.0 Å². The van der Waals surface area contributed by atoms with Crippen LogP contribution in [0.1, 0.15) is 32.3 Å². The Hall–Kier alpha value is -4.32. The van der Waals surface area contributed by atoms with Crippen LogP contribution in [0, 0.1) is 5.92 Å². The highest BCUT2D eigenvalue weighted by molar-refractivity contribution is 6.01. The number of amides is 4. The zero-order valence-corrected chi connectivity index (χ0v) is 24.9. The number of benzene rings is 3. The van der Waals surface area contributed by atoms with Crippen molar-refractivity contribution in [3.05, 3.63) is 66.2 Å². The fourth-order valence-electron chi connectivity index (χ4n) is 5.10. The number of urea groups is 1. The summed E-state index contributed by atoms with van der Waals surface area (Å²) >= 11 is 0. The lowest BCUT2D eigenvalue weighted by Crippen LogP contribution is -2.48. The molecule has 44 heavy (non-hydrogen) atoms. The Kier molecular flexibility index (Phi) is 10.4. The first kappa shape index (κ1) is 32.6. The number of alkyl halides is 3. The van der Waals surface area contributed by atoms with Gasteiger partial charge in [0.2, 0.25) is 11.8 Å². The number of likely N-dealkylation sites (N-methyl/N-ethyl adjacent to an activating group) is 1. The second kappa shape index (κ2) is 14.0. The number of carbonyl (C=O) groups is 3. The molecule has 236 valence electrons. The van der Waals surface area contributed by atoms with E-state index in [0.717, 1.165) is 10.8 Å². The molecule has 3 aromatic carbocycles. The number of aliphatic hydroxyl groups excluding tert-OH is 1. The molecule has 0 radical (unpaired) electrons. The van der Waals surface area contributed by atoms with Gasteiger partial charge in [-0.15, -0.1) is 0 Å². The molecule has 3 N–H and O–H groups in total. The van der Waals surface area contributed by atoms with Gasteiger partial charge in [-0.05, 0) is 36.6 Å². The molecule has 9 nitrogen and oxygen atoms in total. The summed E-state index contributed by atoms with van der Waals surface area (Å²) in [4.78, 5) is 41.9. The number of nitrogens with one attached hydrogen (secondary N) is 2. The lowest BCUT2D eigenvalue weighted by Gasteiger charge is -2.34. The van der Waals surface area contributed by atoms with Crippen molar-refractivity contribution in [3.63, 3.8) is 0 Å². The molecule has 0 bridgehead atoms. The van der Waals surface area contributed by atoms with E-state index in [1.165, 1.54) is 17.0 Å². The molecule has 3 atom stereocenters. The predicted molar refractivity (Wildman–Crippen MR) is 162 cm³/mol. The minimum absolute atomic E-state index is 0.122. The van der Waals surface area contributed by atoms with E-state index in [9.17, 15) is 32.7 Å². The van der Waals surface area contributed by atoms with Gasteiger partial charge in [-0.2, -0.15) is 13.2 Å². The van der Waals surface area contributed by atoms with Crippen LogP contribution in [0.4, 0.5) is 29.3 Å². The Morgan fingerprint density at radius 1 is 1.11 bits per heavy atom. The number of aliphatic hydroxyl groups is 1. The third-order valence-electron chi connectivity index (χ3n) is 7.67. The summed E-state index contributed by atoms with van der Waals surface area (Å²) in [6, 6.07) is 17.0. The maximum absolute atomic E-state index is 13.4. The van der Waals surface area contributed by atoms with Crippen LogP contribution in [-0.2, 0) is 16.0 Å². The van der Waals surface area contributed by atoms with Crippen molar-refractivity contribution in [3.8, 4) is 5.75 Å². The average molecular weight is 615 g/mol. The third-order valence-corrected chi connectivity index (χ3v) is 7.67. The van der Waals surface area contributed by atoms with Gasteiger partial charge < -0.3 is 30.3 Å². The summed E-state index contributed by atoms with van der Waals surface area (Å²) in [5.74, 6) is -1.01. The highest BCUT2D eigenvalue weighted by Crippen LogP contribution is 2.30. The number of ether oxygens (including phenoxy) is 1. The van der Waals surface area contributed by atoms with Crippen molar-refractivity contribution in [1.29, 1.82) is 0 Å². The van der Waals surface area contributed by atoms with Crippen LogP contribution in [-0.4, -0.2) is 77.8 Å². The summed E-state index contributed by atoms with van der Waals surface area (Å²) in [6.07, 6.45) is -7.14. The molecular formula is C32H37F3N4O5. The van der Waals surface area contributed by atoms with Crippen molar-refractivity contribution < 1.29 is 37.4 Å².